The van der Waals surface area contributed by atoms with Crippen LogP contribution in [-0.2, 0) is 0 Å². The van der Waals surface area contributed by atoms with Crippen molar-refractivity contribution in [3.8, 4) is 0 Å². The molecule has 1 unspecified atom stereocenters. The van der Waals surface area contributed by atoms with Gasteiger partial charge in [0.15, 0.2) is 0 Å². The molecule has 1 fully saturated rings. The molecule has 0 amide bonds. The van der Waals surface area contributed by atoms with E-state index in [0.29, 0.717) is 11.5 Å². The number of nitrogens with zero attached hydrogens (tertiary/aromatic N) is 1. The second-order valence-corrected chi connectivity index (χ2v) is 5.26. The van der Waals surface area contributed by atoms with Crippen LogP contribution in [-0.4, -0.2) is 49.3 Å². The highest BCUT2D eigenvalue weighted by atomic mass is 16.3. The maximum Gasteiger partial charge on any atom is 0.0558 e. The summed E-state index contributed by atoms with van der Waals surface area (Å²) in [7, 11) is 2.07. The summed E-state index contributed by atoms with van der Waals surface area (Å²) in [4.78, 5) is 2.19. The molecular weight excluding hydrogens is 200 g/mol. The quantitative estimate of drug-likeness (QED) is 0.755. The van der Waals surface area contributed by atoms with Gasteiger partial charge in [-0.05, 0) is 31.8 Å². The largest absolute Gasteiger partial charge is 0.395 e. The van der Waals surface area contributed by atoms with Gasteiger partial charge in [-0.25, -0.2) is 0 Å². The minimum atomic E-state index is 0.264. The molecule has 3 nitrogen and oxygen atoms in total. The Morgan fingerprint density at radius 3 is 2.38 bits per heavy atom. The van der Waals surface area contributed by atoms with Crippen LogP contribution in [0.2, 0.25) is 0 Å². The fourth-order valence-corrected chi connectivity index (χ4v) is 2.09. The Morgan fingerprint density at radius 1 is 1.31 bits per heavy atom. The number of hydrogen-bond donors (Lipinski definition) is 2. The number of rotatable bonds is 5. The lowest BCUT2D eigenvalue weighted by atomic mass is 9.90. The molecule has 3 heteroatoms. The van der Waals surface area contributed by atoms with Gasteiger partial charge in [0.05, 0.1) is 6.61 Å². The van der Waals surface area contributed by atoms with E-state index >= 15 is 0 Å². The molecule has 0 radical (unpaired) electrons. The number of likely N-dealkylation sites (N-methyl/N-ethyl adjacent to an activating group) is 1. The topological polar surface area (TPSA) is 35.5 Å². The Labute approximate surface area is 101 Å². The summed E-state index contributed by atoms with van der Waals surface area (Å²) in [5.74, 6) is 0. The average Bonchev–Trinajstić information content (AvgIpc) is 2.59. The zero-order chi connectivity index (χ0) is 12.6. The van der Waals surface area contributed by atoms with Gasteiger partial charge in [-0.3, -0.25) is 0 Å². The first-order valence-electron chi connectivity index (χ1n) is 6.56. The summed E-state index contributed by atoms with van der Waals surface area (Å²) in [5.41, 5.74) is 0.472. The first-order valence-corrected chi connectivity index (χ1v) is 6.56. The maximum absolute atomic E-state index is 8.75. The SMILES string of the molecule is CC.CN(CCO)CCC1CC(C)(C)CN1. The maximum atomic E-state index is 8.75. The summed E-state index contributed by atoms with van der Waals surface area (Å²) in [6, 6.07) is 0.672. The van der Waals surface area contributed by atoms with Gasteiger partial charge < -0.3 is 15.3 Å². The van der Waals surface area contributed by atoms with Crippen molar-refractivity contribution in [2.45, 2.75) is 46.6 Å². The molecule has 0 saturated carbocycles. The van der Waals surface area contributed by atoms with Crippen LogP contribution in [0.4, 0.5) is 0 Å². The first kappa shape index (κ1) is 15.9. The van der Waals surface area contributed by atoms with Crippen molar-refractivity contribution in [2.24, 2.45) is 5.41 Å². The highest BCUT2D eigenvalue weighted by molar-refractivity contribution is 4.87. The Hall–Kier alpha value is -0.120. The van der Waals surface area contributed by atoms with Crippen LogP contribution in [0.1, 0.15) is 40.5 Å². The predicted molar refractivity (Wildman–Crippen MR) is 70.7 cm³/mol. The zero-order valence-corrected chi connectivity index (χ0v) is 11.7. The minimum Gasteiger partial charge on any atom is -0.395 e. The smallest absolute Gasteiger partial charge is 0.0558 e. The number of aliphatic hydroxyl groups is 1. The van der Waals surface area contributed by atoms with E-state index in [-0.39, 0.29) is 6.61 Å². The standard InChI is InChI=1S/C11H24N2O.C2H6/c1-11(2)8-10(12-9-11)4-5-13(3)6-7-14;1-2/h10,12,14H,4-9H2,1-3H3;1-2H3. The van der Waals surface area contributed by atoms with Gasteiger partial charge in [0.25, 0.3) is 0 Å². The minimum absolute atomic E-state index is 0.264. The molecule has 1 saturated heterocycles. The summed E-state index contributed by atoms with van der Waals surface area (Å²) in [5, 5.41) is 12.3. The Morgan fingerprint density at radius 2 is 1.94 bits per heavy atom. The van der Waals surface area contributed by atoms with Crippen LogP contribution in [0.5, 0.6) is 0 Å². The molecule has 16 heavy (non-hydrogen) atoms. The second kappa shape index (κ2) is 8.04. The molecule has 0 aromatic carbocycles. The highest BCUT2D eigenvalue weighted by Gasteiger charge is 2.29. The fraction of sp³-hybridized carbons (Fsp3) is 1.00. The molecule has 1 heterocycles. The molecule has 0 bridgehead atoms. The van der Waals surface area contributed by atoms with E-state index in [2.05, 4.69) is 31.1 Å². The van der Waals surface area contributed by atoms with Crippen molar-refractivity contribution in [2.75, 3.05) is 33.3 Å². The second-order valence-electron chi connectivity index (χ2n) is 5.26. The van der Waals surface area contributed by atoms with Crippen molar-refractivity contribution in [1.82, 2.24) is 10.2 Å². The molecule has 2 N–H and O–H groups in total. The Balaban J connectivity index is 0.00000106. The van der Waals surface area contributed by atoms with E-state index in [4.69, 9.17) is 5.11 Å². The molecule has 1 aliphatic heterocycles. The molecule has 1 rings (SSSR count). The molecular formula is C13H30N2O. The van der Waals surface area contributed by atoms with Crippen LogP contribution < -0.4 is 5.32 Å². The third kappa shape index (κ3) is 6.46. The molecule has 0 spiro atoms. The van der Waals surface area contributed by atoms with Crippen LogP contribution in [0.15, 0.2) is 0 Å². The van der Waals surface area contributed by atoms with Gasteiger partial charge in [0.2, 0.25) is 0 Å². The van der Waals surface area contributed by atoms with Gasteiger partial charge in [0.1, 0.15) is 0 Å². The van der Waals surface area contributed by atoms with Crippen molar-refractivity contribution < 1.29 is 5.11 Å². The lowest BCUT2D eigenvalue weighted by Crippen LogP contribution is -2.29. The highest BCUT2D eigenvalue weighted by Crippen LogP contribution is 2.28. The number of nitrogens with one attached hydrogen (secondary N) is 1. The van der Waals surface area contributed by atoms with Gasteiger partial charge in [-0.1, -0.05) is 27.7 Å². The summed E-state index contributed by atoms with van der Waals surface area (Å²) >= 11 is 0. The third-order valence-corrected chi connectivity index (χ3v) is 3.01. The van der Waals surface area contributed by atoms with Crippen molar-refractivity contribution in [3.63, 3.8) is 0 Å². The number of aliphatic hydroxyl groups excluding tert-OH is 1. The van der Waals surface area contributed by atoms with E-state index in [1.54, 1.807) is 0 Å². The molecule has 0 aliphatic carbocycles. The zero-order valence-electron chi connectivity index (χ0n) is 11.7. The first-order chi connectivity index (χ1) is 7.53. The van der Waals surface area contributed by atoms with E-state index in [9.17, 15) is 0 Å². The van der Waals surface area contributed by atoms with E-state index in [1.165, 1.54) is 12.8 Å². The molecule has 0 aromatic rings. The van der Waals surface area contributed by atoms with Gasteiger partial charge in [-0.2, -0.15) is 0 Å². The monoisotopic (exact) mass is 230 g/mol. The van der Waals surface area contributed by atoms with E-state index < -0.39 is 0 Å². The number of hydrogen-bond acceptors (Lipinski definition) is 3. The summed E-state index contributed by atoms with van der Waals surface area (Å²) < 4.78 is 0. The fourth-order valence-electron chi connectivity index (χ4n) is 2.09. The Bertz CT molecular complexity index is 171. The summed E-state index contributed by atoms with van der Waals surface area (Å²) in [6.07, 6.45) is 2.47. The summed E-state index contributed by atoms with van der Waals surface area (Å²) in [6.45, 7) is 11.9. The predicted octanol–water partition coefficient (Wildman–Crippen LogP) is 1.71. The van der Waals surface area contributed by atoms with Crippen LogP contribution in [0, 0.1) is 5.41 Å². The van der Waals surface area contributed by atoms with Gasteiger partial charge in [-0.15, -0.1) is 0 Å². The molecule has 0 aromatic heterocycles. The van der Waals surface area contributed by atoms with Crippen molar-refractivity contribution in [1.29, 1.82) is 0 Å². The van der Waals surface area contributed by atoms with Crippen LogP contribution >= 0.6 is 0 Å². The normalized spacial score (nSPS) is 23.1. The molecule has 1 atom stereocenters. The molecule has 1 aliphatic rings. The van der Waals surface area contributed by atoms with Crippen molar-refractivity contribution >= 4 is 0 Å². The average molecular weight is 230 g/mol. The van der Waals surface area contributed by atoms with Gasteiger partial charge >= 0.3 is 0 Å². The lowest BCUT2D eigenvalue weighted by molar-refractivity contribution is 0.215. The third-order valence-electron chi connectivity index (χ3n) is 3.01. The lowest BCUT2D eigenvalue weighted by Gasteiger charge is -2.19. The van der Waals surface area contributed by atoms with E-state index in [1.807, 2.05) is 13.8 Å². The van der Waals surface area contributed by atoms with Crippen LogP contribution in [0.3, 0.4) is 0 Å². The Kier molecular flexibility index (Phi) is 7.98. The molecule has 98 valence electrons. The van der Waals surface area contributed by atoms with Gasteiger partial charge in [0, 0.05) is 19.1 Å². The van der Waals surface area contributed by atoms with Crippen molar-refractivity contribution in [3.05, 3.63) is 0 Å². The van der Waals surface area contributed by atoms with E-state index in [0.717, 1.165) is 19.6 Å². The van der Waals surface area contributed by atoms with Crippen LogP contribution in [0.25, 0.3) is 0 Å².